The Kier molecular flexibility index (Phi) is 10.5. The molecule has 2 aliphatic rings. The van der Waals surface area contributed by atoms with Gasteiger partial charge in [-0.15, -0.1) is 0 Å². The second-order valence-electron chi connectivity index (χ2n) is 4.80. The van der Waals surface area contributed by atoms with Gasteiger partial charge in [-0.05, 0) is 11.8 Å². The van der Waals surface area contributed by atoms with E-state index in [1.165, 1.54) is 32.1 Å². The van der Waals surface area contributed by atoms with Gasteiger partial charge >= 0.3 is 0 Å². The lowest BCUT2D eigenvalue weighted by Crippen LogP contribution is -2.22. The van der Waals surface area contributed by atoms with Gasteiger partial charge in [-0.1, -0.05) is 85.5 Å². The second kappa shape index (κ2) is 10.5. The van der Waals surface area contributed by atoms with Crippen molar-refractivity contribution in [2.75, 3.05) is 0 Å². The van der Waals surface area contributed by atoms with E-state index in [4.69, 9.17) is 0 Å². The van der Waals surface area contributed by atoms with Crippen molar-refractivity contribution in [2.45, 2.75) is 85.5 Å². The molecule has 0 radical (unpaired) electrons. The monoisotopic (exact) mass is 212 g/mol. The lowest BCUT2D eigenvalue weighted by molar-refractivity contribution is 0.171. The Morgan fingerprint density at radius 3 is 1.07 bits per heavy atom. The van der Waals surface area contributed by atoms with E-state index in [9.17, 15) is 0 Å². The topological polar surface area (TPSA) is 0 Å². The second-order valence-corrected chi connectivity index (χ2v) is 4.80. The SMILES string of the molecule is C1CCC2CCCCC2C1.CC.CCC. The highest BCUT2D eigenvalue weighted by atomic mass is 14.3. The van der Waals surface area contributed by atoms with E-state index in [0.717, 1.165) is 11.8 Å². The quantitative estimate of drug-likeness (QED) is 0.475. The van der Waals surface area contributed by atoms with Gasteiger partial charge < -0.3 is 0 Å². The van der Waals surface area contributed by atoms with Crippen molar-refractivity contribution in [3.63, 3.8) is 0 Å². The molecule has 15 heavy (non-hydrogen) atoms. The van der Waals surface area contributed by atoms with Gasteiger partial charge in [-0.2, -0.15) is 0 Å². The molecular formula is C15H32. The summed E-state index contributed by atoms with van der Waals surface area (Å²) in [5.74, 6) is 2.31. The van der Waals surface area contributed by atoms with Crippen LogP contribution in [0.25, 0.3) is 0 Å². The third-order valence-electron chi connectivity index (χ3n) is 3.47. The molecule has 92 valence electrons. The zero-order valence-corrected chi connectivity index (χ0v) is 11.5. The number of fused-ring (bicyclic) bond motifs is 1. The minimum Gasteiger partial charge on any atom is -0.0683 e. The van der Waals surface area contributed by atoms with Crippen LogP contribution in [-0.2, 0) is 0 Å². The highest BCUT2D eigenvalue weighted by Gasteiger charge is 2.26. The first-order valence-electron chi connectivity index (χ1n) is 7.38. The molecule has 0 aromatic heterocycles. The minimum atomic E-state index is 1.16. The van der Waals surface area contributed by atoms with Crippen molar-refractivity contribution in [3.05, 3.63) is 0 Å². The first kappa shape index (κ1) is 15.0. The number of rotatable bonds is 0. The van der Waals surface area contributed by atoms with Crippen molar-refractivity contribution in [1.82, 2.24) is 0 Å². The van der Waals surface area contributed by atoms with Crippen LogP contribution in [0.15, 0.2) is 0 Å². The Bertz CT molecular complexity index is 91.2. The fourth-order valence-electron chi connectivity index (χ4n) is 2.86. The minimum absolute atomic E-state index is 1.16. The summed E-state index contributed by atoms with van der Waals surface area (Å²) in [7, 11) is 0. The molecule has 2 saturated carbocycles. The van der Waals surface area contributed by atoms with Crippen LogP contribution in [0.1, 0.15) is 85.5 Å². The summed E-state index contributed by atoms with van der Waals surface area (Å²) < 4.78 is 0. The average Bonchev–Trinajstić information content (AvgIpc) is 2.33. The van der Waals surface area contributed by atoms with Crippen molar-refractivity contribution in [2.24, 2.45) is 11.8 Å². The summed E-state index contributed by atoms with van der Waals surface area (Å²) in [6, 6.07) is 0. The largest absolute Gasteiger partial charge is 0.0683 e. The lowest BCUT2D eigenvalue weighted by Gasteiger charge is -2.35. The summed E-state index contributed by atoms with van der Waals surface area (Å²) in [5, 5.41) is 0. The summed E-state index contributed by atoms with van der Waals surface area (Å²) in [4.78, 5) is 0. The molecule has 0 N–H and O–H groups in total. The highest BCUT2D eigenvalue weighted by molar-refractivity contribution is 4.78. The Hall–Kier alpha value is 0. The van der Waals surface area contributed by atoms with Crippen molar-refractivity contribution in [3.8, 4) is 0 Å². The molecule has 0 aliphatic heterocycles. The molecule has 0 heteroatoms. The van der Waals surface area contributed by atoms with E-state index < -0.39 is 0 Å². The van der Waals surface area contributed by atoms with Crippen LogP contribution in [0.4, 0.5) is 0 Å². The summed E-state index contributed by atoms with van der Waals surface area (Å²) in [6.07, 6.45) is 13.6. The normalized spacial score (nSPS) is 28.8. The molecule has 2 rings (SSSR count). The Morgan fingerprint density at radius 2 is 0.867 bits per heavy atom. The van der Waals surface area contributed by atoms with Crippen molar-refractivity contribution in [1.29, 1.82) is 0 Å². The van der Waals surface area contributed by atoms with E-state index >= 15 is 0 Å². The highest BCUT2D eigenvalue weighted by Crippen LogP contribution is 2.39. The number of hydrogen-bond acceptors (Lipinski definition) is 0. The van der Waals surface area contributed by atoms with Gasteiger partial charge in [-0.25, -0.2) is 0 Å². The number of hydrogen-bond donors (Lipinski definition) is 0. The first-order chi connectivity index (χ1) is 7.38. The Morgan fingerprint density at radius 1 is 0.667 bits per heavy atom. The van der Waals surface area contributed by atoms with Crippen molar-refractivity contribution < 1.29 is 0 Å². The maximum atomic E-state index is 2.12. The van der Waals surface area contributed by atoms with Gasteiger partial charge in [0.25, 0.3) is 0 Å². The zero-order chi connectivity index (χ0) is 11.5. The van der Waals surface area contributed by atoms with Gasteiger partial charge in [-0.3, -0.25) is 0 Å². The summed E-state index contributed by atoms with van der Waals surface area (Å²) in [5.41, 5.74) is 0. The smallest absolute Gasteiger partial charge is 0.0386 e. The van der Waals surface area contributed by atoms with Gasteiger partial charge in [0.1, 0.15) is 0 Å². The molecule has 0 nitrogen and oxygen atoms in total. The molecule has 0 aromatic carbocycles. The van der Waals surface area contributed by atoms with Gasteiger partial charge in [0, 0.05) is 0 Å². The molecule has 0 aromatic rings. The molecule has 2 aliphatic carbocycles. The molecule has 2 fully saturated rings. The molecule has 0 heterocycles. The summed E-state index contributed by atoms with van der Waals surface area (Å²) in [6.45, 7) is 8.25. The fraction of sp³-hybridized carbons (Fsp3) is 1.00. The Balaban J connectivity index is 0.000000342. The van der Waals surface area contributed by atoms with E-state index in [1.807, 2.05) is 13.8 Å². The molecule has 0 amide bonds. The van der Waals surface area contributed by atoms with Crippen molar-refractivity contribution >= 4 is 0 Å². The maximum Gasteiger partial charge on any atom is -0.0386 e. The predicted octanol–water partition coefficient (Wildman–Crippen LogP) is 5.81. The van der Waals surface area contributed by atoms with Crippen LogP contribution in [0, 0.1) is 11.8 Å². The predicted molar refractivity (Wildman–Crippen MR) is 71.2 cm³/mol. The Labute approximate surface area is 97.8 Å². The molecular weight excluding hydrogens is 180 g/mol. The molecule has 0 unspecified atom stereocenters. The molecule has 0 saturated heterocycles. The van der Waals surface area contributed by atoms with Gasteiger partial charge in [0.05, 0.1) is 0 Å². The standard InChI is InChI=1S/C10H18.C3H8.C2H6/c1-2-6-10-8-4-3-7-9(10)5-1;1-3-2;1-2/h9-10H,1-8H2;3H2,1-2H3;1-2H3. The zero-order valence-electron chi connectivity index (χ0n) is 11.5. The maximum absolute atomic E-state index is 2.12. The summed E-state index contributed by atoms with van der Waals surface area (Å²) >= 11 is 0. The van der Waals surface area contributed by atoms with E-state index in [0.29, 0.717) is 0 Å². The van der Waals surface area contributed by atoms with Crippen LogP contribution in [0.3, 0.4) is 0 Å². The molecule has 0 atom stereocenters. The van der Waals surface area contributed by atoms with Crippen LogP contribution < -0.4 is 0 Å². The fourth-order valence-corrected chi connectivity index (χ4v) is 2.86. The molecule has 0 bridgehead atoms. The van der Waals surface area contributed by atoms with E-state index in [-0.39, 0.29) is 0 Å². The van der Waals surface area contributed by atoms with Gasteiger partial charge in [0.15, 0.2) is 0 Å². The third kappa shape index (κ3) is 6.22. The van der Waals surface area contributed by atoms with E-state index in [1.54, 1.807) is 25.7 Å². The average molecular weight is 212 g/mol. The van der Waals surface area contributed by atoms with E-state index in [2.05, 4.69) is 13.8 Å². The van der Waals surface area contributed by atoms with Crippen LogP contribution >= 0.6 is 0 Å². The third-order valence-corrected chi connectivity index (χ3v) is 3.47. The van der Waals surface area contributed by atoms with Crippen LogP contribution in [0.2, 0.25) is 0 Å². The lowest BCUT2D eigenvalue weighted by atomic mass is 9.71. The van der Waals surface area contributed by atoms with Crippen LogP contribution in [0.5, 0.6) is 0 Å². The first-order valence-corrected chi connectivity index (χ1v) is 7.38. The molecule has 0 spiro atoms. The van der Waals surface area contributed by atoms with Crippen LogP contribution in [-0.4, -0.2) is 0 Å². The van der Waals surface area contributed by atoms with Gasteiger partial charge in [0.2, 0.25) is 0 Å².